The lowest BCUT2D eigenvalue weighted by molar-refractivity contribution is 0.0967. The van der Waals surface area contributed by atoms with Gasteiger partial charge in [-0.2, -0.15) is 0 Å². The van der Waals surface area contributed by atoms with Crippen molar-refractivity contribution in [1.29, 1.82) is 0 Å². The van der Waals surface area contributed by atoms with E-state index in [0.29, 0.717) is 22.6 Å². The molecule has 0 bridgehead atoms. The second-order valence-corrected chi connectivity index (χ2v) is 7.28. The summed E-state index contributed by atoms with van der Waals surface area (Å²) in [4.78, 5) is 33.0. The average Bonchev–Trinajstić information content (AvgIpc) is 2.75. The Morgan fingerprint density at radius 3 is 2.47 bits per heavy atom. The smallest absolute Gasteiger partial charge is 0.326 e. The van der Waals surface area contributed by atoms with Crippen LogP contribution in [0.15, 0.2) is 83.6 Å². The van der Waals surface area contributed by atoms with Gasteiger partial charge in [0.05, 0.1) is 5.52 Å². The molecule has 1 heterocycles. The normalized spacial score (nSPS) is 10.4. The van der Waals surface area contributed by atoms with E-state index in [0.717, 1.165) is 15.5 Å². The van der Waals surface area contributed by atoms with Crippen LogP contribution in [0.3, 0.4) is 0 Å². The number of benzene rings is 3. The summed E-state index contributed by atoms with van der Waals surface area (Å²) in [5, 5.41) is 8.97. The van der Waals surface area contributed by atoms with Gasteiger partial charge in [-0.15, -0.1) is 0 Å². The number of aromatic nitrogens is 2. The molecule has 0 atom stereocenters. The number of carbonyl (C=O) groups excluding carboxylic acids is 2. The number of carbonyl (C=O) groups is 2. The summed E-state index contributed by atoms with van der Waals surface area (Å²) >= 11 is 3.45. The van der Waals surface area contributed by atoms with E-state index in [9.17, 15) is 9.59 Å². The Morgan fingerprint density at radius 2 is 1.67 bits per heavy atom. The number of anilines is 3. The van der Waals surface area contributed by atoms with Crippen molar-refractivity contribution in [3.8, 4) is 0 Å². The second-order valence-electron chi connectivity index (χ2n) is 6.36. The zero-order valence-electron chi connectivity index (χ0n) is 15.6. The summed E-state index contributed by atoms with van der Waals surface area (Å²) in [6, 6.07) is 20.8. The molecule has 0 saturated carbocycles. The number of hydrogen-bond donors (Lipinski definition) is 3. The third-order valence-corrected chi connectivity index (χ3v) is 4.74. The predicted octanol–water partition coefficient (Wildman–Crippen LogP) is 5.10. The quantitative estimate of drug-likeness (QED) is 0.392. The number of nitrogens with zero attached hydrogens (tertiary/aromatic N) is 2. The average molecular weight is 462 g/mol. The van der Waals surface area contributed by atoms with Crippen LogP contribution in [-0.2, 0) is 0 Å². The van der Waals surface area contributed by atoms with Crippen LogP contribution < -0.4 is 16.0 Å². The van der Waals surface area contributed by atoms with Crippen molar-refractivity contribution in [3.63, 3.8) is 0 Å². The van der Waals surface area contributed by atoms with Crippen molar-refractivity contribution in [1.82, 2.24) is 15.3 Å². The number of urea groups is 1. The molecule has 0 radical (unpaired) electrons. The maximum absolute atomic E-state index is 12.3. The van der Waals surface area contributed by atoms with Gasteiger partial charge in [-0.1, -0.05) is 40.2 Å². The molecule has 148 valence electrons. The summed E-state index contributed by atoms with van der Waals surface area (Å²) < 4.78 is 0.938. The highest BCUT2D eigenvalue weighted by Crippen LogP contribution is 2.26. The highest BCUT2D eigenvalue weighted by molar-refractivity contribution is 9.10. The molecule has 30 heavy (non-hydrogen) atoms. The molecule has 0 aliphatic carbocycles. The van der Waals surface area contributed by atoms with Crippen LogP contribution >= 0.6 is 15.9 Å². The first-order valence-corrected chi connectivity index (χ1v) is 9.82. The zero-order chi connectivity index (χ0) is 20.9. The van der Waals surface area contributed by atoms with Gasteiger partial charge in [0.1, 0.15) is 12.1 Å². The van der Waals surface area contributed by atoms with E-state index in [4.69, 9.17) is 0 Å². The van der Waals surface area contributed by atoms with Crippen LogP contribution in [0, 0.1) is 0 Å². The zero-order valence-corrected chi connectivity index (χ0v) is 17.2. The fourth-order valence-electron chi connectivity index (χ4n) is 2.86. The molecular formula is C22H16BrN5O2. The number of hydrogen-bond acceptors (Lipinski definition) is 5. The molecule has 4 aromatic rings. The van der Waals surface area contributed by atoms with Crippen molar-refractivity contribution in [2.75, 3.05) is 10.6 Å². The van der Waals surface area contributed by atoms with Crippen LogP contribution in [0.4, 0.5) is 22.0 Å². The molecule has 3 aromatic carbocycles. The van der Waals surface area contributed by atoms with Crippen molar-refractivity contribution in [2.45, 2.75) is 0 Å². The van der Waals surface area contributed by atoms with Crippen molar-refractivity contribution >= 4 is 56.0 Å². The lowest BCUT2D eigenvalue weighted by Crippen LogP contribution is -2.34. The molecule has 0 unspecified atom stereocenters. The number of amides is 3. The maximum Gasteiger partial charge on any atom is 0.326 e. The Balaban J connectivity index is 1.53. The number of fused-ring (bicyclic) bond motifs is 1. The molecule has 1 aromatic heterocycles. The van der Waals surface area contributed by atoms with E-state index in [1.165, 1.54) is 6.33 Å². The minimum absolute atomic E-state index is 0.403. The topological polar surface area (TPSA) is 96.0 Å². The van der Waals surface area contributed by atoms with Gasteiger partial charge in [0.2, 0.25) is 0 Å². The summed E-state index contributed by atoms with van der Waals surface area (Å²) in [7, 11) is 0. The molecule has 3 amide bonds. The van der Waals surface area contributed by atoms with E-state index in [1.54, 1.807) is 48.5 Å². The number of rotatable bonds is 4. The Labute approximate surface area is 180 Å². The molecule has 8 heteroatoms. The monoisotopic (exact) mass is 461 g/mol. The van der Waals surface area contributed by atoms with E-state index < -0.39 is 11.9 Å². The van der Waals surface area contributed by atoms with E-state index in [1.807, 2.05) is 24.3 Å². The van der Waals surface area contributed by atoms with Gasteiger partial charge in [-0.3, -0.25) is 10.1 Å². The Hall–Kier alpha value is -3.78. The van der Waals surface area contributed by atoms with Crippen LogP contribution in [-0.4, -0.2) is 21.9 Å². The first-order chi connectivity index (χ1) is 14.6. The summed E-state index contributed by atoms with van der Waals surface area (Å²) in [5.41, 5.74) is 2.48. The second kappa shape index (κ2) is 8.71. The van der Waals surface area contributed by atoms with Gasteiger partial charge >= 0.3 is 6.03 Å². The van der Waals surface area contributed by atoms with Gasteiger partial charge in [0.25, 0.3) is 5.91 Å². The number of imide groups is 1. The van der Waals surface area contributed by atoms with Crippen LogP contribution in [0.1, 0.15) is 10.4 Å². The maximum atomic E-state index is 12.3. The summed E-state index contributed by atoms with van der Waals surface area (Å²) in [6.07, 6.45) is 1.47. The molecule has 3 N–H and O–H groups in total. The molecule has 4 rings (SSSR count). The minimum Gasteiger partial charge on any atom is -0.340 e. The van der Waals surface area contributed by atoms with Crippen LogP contribution in [0.5, 0.6) is 0 Å². The van der Waals surface area contributed by atoms with Crippen molar-refractivity contribution < 1.29 is 9.59 Å². The molecule has 0 spiro atoms. The highest BCUT2D eigenvalue weighted by atomic mass is 79.9. The molecule has 7 nitrogen and oxygen atoms in total. The van der Waals surface area contributed by atoms with Gasteiger partial charge in [-0.05, 0) is 48.5 Å². The van der Waals surface area contributed by atoms with Gasteiger partial charge in [0.15, 0.2) is 0 Å². The summed E-state index contributed by atoms with van der Waals surface area (Å²) in [6.45, 7) is 0. The van der Waals surface area contributed by atoms with Gasteiger partial charge in [-0.25, -0.2) is 14.8 Å². The van der Waals surface area contributed by atoms with Gasteiger partial charge < -0.3 is 10.6 Å². The molecule has 0 aliphatic heterocycles. The third kappa shape index (κ3) is 4.61. The minimum atomic E-state index is -0.624. The lowest BCUT2D eigenvalue weighted by atomic mass is 10.2. The van der Waals surface area contributed by atoms with Crippen molar-refractivity contribution in [2.24, 2.45) is 0 Å². The fraction of sp³-hybridized carbons (Fsp3) is 0. The van der Waals surface area contributed by atoms with Crippen LogP contribution in [0.2, 0.25) is 0 Å². The first kappa shape index (κ1) is 19.5. The van der Waals surface area contributed by atoms with Crippen molar-refractivity contribution in [3.05, 3.63) is 89.2 Å². The van der Waals surface area contributed by atoms with Gasteiger partial charge in [0, 0.05) is 26.8 Å². The lowest BCUT2D eigenvalue weighted by Gasteiger charge is -2.11. The molecular weight excluding hydrogens is 446 g/mol. The number of nitrogens with one attached hydrogen (secondary N) is 3. The van der Waals surface area contributed by atoms with Crippen LogP contribution in [0.25, 0.3) is 10.9 Å². The third-order valence-electron chi connectivity index (χ3n) is 4.24. The molecule has 0 saturated heterocycles. The first-order valence-electron chi connectivity index (χ1n) is 9.03. The Kier molecular flexibility index (Phi) is 5.67. The fourth-order valence-corrected chi connectivity index (χ4v) is 3.26. The summed E-state index contributed by atoms with van der Waals surface area (Å²) in [5.74, 6) is 0.122. The molecule has 0 fully saturated rings. The molecule has 0 aliphatic rings. The Bertz CT molecular complexity index is 1230. The van der Waals surface area contributed by atoms with E-state index in [-0.39, 0.29) is 0 Å². The largest absolute Gasteiger partial charge is 0.340 e. The highest BCUT2D eigenvalue weighted by Gasteiger charge is 2.11. The standard InChI is InChI=1S/C22H16BrN5O2/c23-15-7-4-8-16(11-15)26-20-18-12-17(9-10-19(18)24-13-25-20)27-22(30)28-21(29)14-5-2-1-3-6-14/h1-13H,(H,24,25,26)(H2,27,28,29,30). The number of halogens is 1. The SMILES string of the molecule is O=C(NC(=O)c1ccccc1)Nc1ccc2ncnc(Nc3cccc(Br)c3)c2c1. The predicted molar refractivity (Wildman–Crippen MR) is 120 cm³/mol. The van der Waals surface area contributed by atoms with E-state index in [2.05, 4.69) is 41.8 Å². The Morgan fingerprint density at radius 1 is 0.833 bits per heavy atom. The van der Waals surface area contributed by atoms with E-state index >= 15 is 0 Å².